The van der Waals surface area contributed by atoms with Gasteiger partial charge in [0.1, 0.15) is 5.78 Å². The molecular weight excluding hydrogens is 186 g/mol. The Balaban J connectivity index is 2.06. The maximum absolute atomic E-state index is 11.2. The van der Waals surface area contributed by atoms with Crippen LogP contribution in [0.4, 0.5) is 0 Å². The van der Waals surface area contributed by atoms with E-state index in [1.54, 1.807) is 0 Å². The lowest BCUT2D eigenvalue weighted by Crippen LogP contribution is -2.02. The summed E-state index contributed by atoms with van der Waals surface area (Å²) < 4.78 is 0. The predicted octanol–water partition coefficient (Wildman–Crippen LogP) is 2.02. The molecule has 1 aromatic carbocycles. The minimum absolute atomic E-state index is 0.408. The molecule has 0 amide bonds. The van der Waals surface area contributed by atoms with Crippen LogP contribution in [0.2, 0.25) is 0 Å². The largest absolute Gasteiger partial charge is 0.330 e. The fourth-order valence-corrected chi connectivity index (χ4v) is 2.22. The molecule has 0 saturated heterocycles. The maximum Gasteiger partial charge on any atom is 0.133 e. The third-order valence-corrected chi connectivity index (χ3v) is 3.13. The number of hydrogen-bond acceptors (Lipinski definition) is 2. The van der Waals surface area contributed by atoms with Gasteiger partial charge in [-0.3, -0.25) is 4.79 Å². The second-order valence-electron chi connectivity index (χ2n) is 4.26. The van der Waals surface area contributed by atoms with E-state index in [9.17, 15) is 4.79 Å². The molecule has 0 heterocycles. The van der Waals surface area contributed by atoms with Crippen LogP contribution in [0.3, 0.4) is 0 Å². The normalized spacial score (nSPS) is 20.9. The van der Waals surface area contributed by atoms with Crippen LogP contribution in [0, 0.1) is 0 Å². The van der Waals surface area contributed by atoms with Crippen molar-refractivity contribution in [3.63, 3.8) is 0 Å². The van der Waals surface area contributed by atoms with Crippen molar-refractivity contribution in [3.05, 3.63) is 35.4 Å². The van der Waals surface area contributed by atoms with Crippen molar-refractivity contribution in [2.45, 2.75) is 31.6 Å². The Morgan fingerprint density at radius 1 is 1.27 bits per heavy atom. The molecule has 1 fully saturated rings. The van der Waals surface area contributed by atoms with E-state index in [4.69, 9.17) is 5.73 Å². The van der Waals surface area contributed by atoms with Crippen molar-refractivity contribution < 1.29 is 4.79 Å². The van der Waals surface area contributed by atoms with E-state index in [0.717, 1.165) is 25.7 Å². The molecular formula is C13H17NO. The number of hydrogen-bond donors (Lipinski definition) is 1. The van der Waals surface area contributed by atoms with Crippen LogP contribution < -0.4 is 5.73 Å². The van der Waals surface area contributed by atoms with Crippen LogP contribution >= 0.6 is 0 Å². The molecule has 15 heavy (non-hydrogen) atoms. The third kappa shape index (κ3) is 2.45. The summed E-state index contributed by atoms with van der Waals surface area (Å²) in [5, 5.41) is 0. The molecule has 1 atom stereocenters. The fourth-order valence-electron chi connectivity index (χ4n) is 2.22. The van der Waals surface area contributed by atoms with Crippen LogP contribution in [-0.4, -0.2) is 12.3 Å². The van der Waals surface area contributed by atoms with E-state index in [0.29, 0.717) is 18.2 Å². The monoisotopic (exact) mass is 203 g/mol. The molecule has 2 nitrogen and oxygen atoms in total. The van der Waals surface area contributed by atoms with Crippen LogP contribution in [0.25, 0.3) is 0 Å². The molecule has 1 unspecified atom stereocenters. The summed E-state index contributed by atoms with van der Waals surface area (Å²) in [7, 11) is 0. The Hall–Kier alpha value is -1.15. The smallest absolute Gasteiger partial charge is 0.133 e. The molecule has 0 bridgehead atoms. The number of carbonyl (C=O) groups is 1. The maximum atomic E-state index is 11.2. The summed E-state index contributed by atoms with van der Waals surface area (Å²) in [5.41, 5.74) is 8.08. The number of ketones is 1. The average molecular weight is 203 g/mol. The molecule has 80 valence electrons. The van der Waals surface area contributed by atoms with E-state index < -0.39 is 0 Å². The number of Topliss-reactive ketones (excluding diaryl/α,β-unsaturated/α-hetero) is 1. The van der Waals surface area contributed by atoms with Gasteiger partial charge in [0.05, 0.1) is 0 Å². The Morgan fingerprint density at radius 2 is 2.00 bits per heavy atom. The first-order valence-corrected chi connectivity index (χ1v) is 5.60. The summed E-state index contributed by atoms with van der Waals surface area (Å²) in [6, 6.07) is 8.55. The van der Waals surface area contributed by atoms with Crippen molar-refractivity contribution in [1.82, 2.24) is 0 Å². The number of carbonyl (C=O) groups excluding carboxylic acids is 1. The lowest BCUT2D eigenvalue weighted by Gasteiger charge is -2.09. The van der Waals surface area contributed by atoms with Gasteiger partial charge in [0.25, 0.3) is 0 Å². The first kappa shape index (κ1) is 10.4. The van der Waals surface area contributed by atoms with E-state index in [1.807, 2.05) is 0 Å². The predicted molar refractivity (Wildman–Crippen MR) is 60.8 cm³/mol. The minimum Gasteiger partial charge on any atom is -0.330 e. The molecule has 1 aliphatic carbocycles. The highest BCUT2D eigenvalue weighted by Crippen LogP contribution is 2.31. The zero-order valence-electron chi connectivity index (χ0n) is 8.91. The van der Waals surface area contributed by atoms with Gasteiger partial charge in [0.2, 0.25) is 0 Å². The van der Waals surface area contributed by atoms with Gasteiger partial charge in [-0.25, -0.2) is 0 Å². The molecule has 0 aliphatic heterocycles. The van der Waals surface area contributed by atoms with Gasteiger partial charge in [-0.05, 0) is 36.4 Å². The van der Waals surface area contributed by atoms with Crippen LogP contribution in [0.5, 0.6) is 0 Å². The number of rotatable bonds is 3. The van der Waals surface area contributed by atoms with Gasteiger partial charge in [0, 0.05) is 12.8 Å². The van der Waals surface area contributed by atoms with Crippen molar-refractivity contribution in [1.29, 1.82) is 0 Å². The first-order chi connectivity index (χ1) is 7.29. The minimum atomic E-state index is 0.408. The topological polar surface area (TPSA) is 43.1 Å². The molecule has 0 spiro atoms. The Morgan fingerprint density at radius 3 is 2.53 bits per heavy atom. The SMILES string of the molecule is NCCc1ccc(C2CCC(=O)C2)cc1. The summed E-state index contributed by atoms with van der Waals surface area (Å²) in [5.74, 6) is 0.871. The summed E-state index contributed by atoms with van der Waals surface area (Å²) in [4.78, 5) is 11.2. The van der Waals surface area contributed by atoms with Crippen molar-refractivity contribution in [2.24, 2.45) is 5.73 Å². The second kappa shape index (κ2) is 4.58. The fraction of sp³-hybridized carbons (Fsp3) is 0.462. The van der Waals surface area contributed by atoms with Gasteiger partial charge >= 0.3 is 0 Å². The Labute approximate surface area is 90.5 Å². The number of benzene rings is 1. The molecule has 1 aromatic rings. The highest BCUT2D eigenvalue weighted by Gasteiger charge is 2.23. The molecule has 1 aliphatic rings. The summed E-state index contributed by atoms with van der Waals surface area (Å²) in [6.45, 7) is 0.696. The summed E-state index contributed by atoms with van der Waals surface area (Å²) in [6.07, 6.45) is 3.45. The van der Waals surface area contributed by atoms with Crippen molar-refractivity contribution in [3.8, 4) is 0 Å². The standard InChI is InChI=1S/C13H17NO/c14-8-7-10-1-3-11(4-2-10)12-5-6-13(15)9-12/h1-4,12H,5-9,14H2. The summed E-state index contributed by atoms with van der Waals surface area (Å²) >= 11 is 0. The van der Waals surface area contributed by atoms with Crippen molar-refractivity contribution in [2.75, 3.05) is 6.54 Å². The van der Waals surface area contributed by atoms with E-state index >= 15 is 0 Å². The van der Waals surface area contributed by atoms with Gasteiger partial charge in [0.15, 0.2) is 0 Å². The van der Waals surface area contributed by atoms with E-state index in [1.165, 1.54) is 11.1 Å². The zero-order chi connectivity index (χ0) is 10.7. The first-order valence-electron chi connectivity index (χ1n) is 5.60. The van der Waals surface area contributed by atoms with Crippen LogP contribution in [0.15, 0.2) is 24.3 Å². The average Bonchev–Trinajstić information content (AvgIpc) is 2.67. The molecule has 2 heteroatoms. The molecule has 1 saturated carbocycles. The van der Waals surface area contributed by atoms with E-state index in [-0.39, 0.29) is 0 Å². The van der Waals surface area contributed by atoms with Gasteiger partial charge in [-0.2, -0.15) is 0 Å². The molecule has 0 radical (unpaired) electrons. The van der Waals surface area contributed by atoms with Gasteiger partial charge in [-0.1, -0.05) is 24.3 Å². The van der Waals surface area contributed by atoms with Gasteiger partial charge < -0.3 is 5.73 Å². The number of nitrogens with two attached hydrogens (primary N) is 1. The quantitative estimate of drug-likeness (QED) is 0.816. The highest BCUT2D eigenvalue weighted by molar-refractivity contribution is 5.81. The third-order valence-electron chi connectivity index (χ3n) is 3.13. The van der Waals surface area contributed by atoms with Crippen LogP contribution in [-0.2, 0) is 11.2 Å². The van der Waals surface area contributed by atoms with E-state index in [2.05, 4.69) is 24.3 Å². The highest BCUT2D eigenvalue weighted by atomic mass is 16.1. The van der Waals surface area contributed by atoms with Gasteiger partial charge in [-0.15, -0.1) is 0 Å². The second-order valence-corrected chi connectivity index (χ2v) is 4.26. The Bertz CT molecular complexity index is 342. The molecule has 2 N–H and O–H groups in total. The lowest BCUT2D eigenvalue weighted by atomic mass is 9.96. The lowest BCUT2D eigenvalue weighted by molar-refractivity contribution is -0.117. The van der Waals surface area contributed by atoms with Crippen LogP contribution in [0.1, 0.15) is 36.3 Å². The zero-order valence-corrected chi connectivity index (χ0v) is 8.91. The molecule has 2 rings (SSSR count). The molecule has 0 aromatic heterocycles. The Kier molecular flexibility index (Phi) is 3.17. The van der Waals surface area contributed by atoms with Crippen molar-refractivity contribution >= 4 is 5.78 Å².